The molecule has 0 heterocycles. The van der Waals surface area contributed by atoms with Crippen molar-refractivity contribution in [2.75, 3.05) is 0 Å². The highest BCUT2D eigenvalue weighted by molar-refractivity contribution is 6.14. The fraction of sp³-hybridized carbons (Fsp3) is 1.00. The van der Waals surface area contributed by atoms with E-state index in [2.05, 4.69) is 7.85 Å². The van der Waals surface area contributed by atoms with Crippen LogP contribution in [0.25, 0.3) is 0 Å². The Hall–Kier alpha value is 0.0249. The van der Waals surface area contributed by atoms with Crippen LogP contribution in [0.5, 0.6) is 0 Å². The van der Waals surface area contributed by atoms with E-state index in [1.165, 1.54) is 6.42 Å². The standard InChI is InChI=1S/C3H8BN/c4-2-1-3(2)5/h2-3H,1,4-5H2. The minimum absolute atomic E-state index is 0.551. The maximum Gasteiger partial charge on any atom is 0.107 e. The van der Waals surface area contributed by atoms with Crippen LogP contribution in [-0.2, 0) is 0 Å². The smallest absolute Gasteiger partial charge is 0.107 e. The second kappa shape index (κ2) is 0.746. The summed E-state index contributed by atoms with van der Waals surface area (Å²) >= 11 is 0. The molecule has 0 aromatic rings. The molecule has 28 valence electrons. The predicted octanol–water partition coefficient (Wildman–Crippen LogP) is -0.861. The summed E-state index contributed by atoms with van der Waals surface area (Å²) in [6, 6.07) is 0.551. The Kier molecular flexibility index (Phi) is 0.481. The summed E-state index contributed by atoms with van der Waals surface area (Å²) in [5.74, 6) is 0.829. The predicted molar refractivity (Wildman–Crippen MR) is 24.9 cm³/mol. The van der Waals surface area contributed by atoms with Gasteiger partial charge in [0, 0.05) is 0 Å². The maximum absolute atomic E-state index is 5.37. The van der Waals surface area contributed by atoms with Crippen molar-refractivity contribution in [1.82, 2.24) is 0 Å². The molecule has 0 aromatic heterocycles. The monoisotopic (exact) mass is 69.1 g/mol. The molecular weight excluding hydrogens is 60.9 g/mol. The Bertz CT molecular complexity index is 40.2. The van der Waals surface area contributed by atoms with Gasteiger partial charge in [0.2, 0.25) is 0 Å². The Morgan fingerprint density at radius 2 is 2.00 bits per heavy atom. The number of rotatable bonds is 0. The van der Waals surface area contributed by atoms with Crippen LogP contribution in [0.4, 0.5) is 0 Å². The van der Waals surface area contributed by atoms with Crippen LogP contribution in [0.3, 0.4) is 0 Å². The van der Waals surface area contributed by atoms with Crippen LogP contribution in [0.15, 0.2) is 0 Å². The van der Waals surface area contributed by atoms with E-state index in [0.717, 1.165) is 5.82 Å². The highest BCUT2D eigenvalue weighted by atomic mass is 14.7. The van der Waals surface area contributed by atoms with Crippen LogP contribution in [0.1, 0.15) is 6.42 Å². The van der Waals surface area contributed by atoms with Gasteiger partial charge in [-0.25, -0.2) is 0 Å². The Morgan fingerprint density at radius 3 is 2.00 bits per heavy atom. The largest absolute Gasteiger partial charge is 0.328 e. The van der Waals surface area contributed by atoms with Gasteiger partial charge in [-0.1, -0.05) is 5.82 Å². The van der Waals surface area contributed by atoms with Gasteiger partial charge in [-0.05, 0) is 12.5 Å². The van der Waals surface area contributed by atoms with Crippen molar-refractivity contribution < 1.29 is 0 Å². The van der Waals surface area contributed by atoms with Gasteiger partial charge >= 0.3 is 0 Å². The van der Waals surface area contributed by atoms with E-state index in [9.17, 15) is 0 Å². The van der Waals surface area contributed by atoms with Gasteiger partial charge in [-0.2, -0.15) is 0 Å². The second-order valence-electron chi connectivity index (χ2n) is 1.88. The van der Waals surface area contributed by atoms with Crippen molar-refractivity contribution in [2.24, 2.45) is 5.73 Å². The molecule has 0 radical (unpaired) electrons. The van der Waals surface area contributed by atoms with Crippen molar-refractivity contribution in [1.29, 1.82) is 0 Å². The average molecular weight is 68.9 g/mol. The van der Waals surface area contributed by atoms with E-state index in [1.54, 1.807) is 0 Å². The van der Waals surface area contributed by atoms with Gasteiger partial charge in [-0.3, -0.25) is 0 Å². The zero-order valence-corrected chi connectivity index (χ0v) is 3.44. The first-order valence-corrected chi connectivity index (χ1v) is 2.06. The molecule has 1 aliphatic carbocycles. The molecule has 0 saturated heterocycles. The topological polar surface area (TPSA) is 26.0 Å². The van der Waals surface area contributed by atoms with Gasteiger partial charge in [0.15, 0.2) is 0 Å². The molecule has 0 bridgehead atoms. The number of hydrogen-bond acceptors (Lipinski definition) is 1. The van der Waals surface area contributed by atoms with Gasteiger partial charge in [0.05, 0.1) is 0 Å². The Labute approximate surface area is 33.0 Å². The first-order chi connectivity index (χ1) is 2.30. The molecule has 1 aliphatic rings. The summed E-state index contributed by atoms with van der Waals surface area (Å²) in [4.78, 5) is 0. The third-order valence-corrected chi connectivity index (χ3v) is 1.17. The zero-order valence-electron chi connectivity index (χ0n) is 3.44. The zero-order chi connectivity index (χ0) is 3.86. The first kappa shape index (κ1) is 3.22. The molecule has 5 heavy (non-hydrogen) atoms. The van der Waals surface area contributed by atoms with Gasteiger partial charge in [-0.15, -0.1) is 0 Å². The lowest BCUT2D eigenvalue weighted by Crippen LogP contribution is -1.98. The van der Waals surface area contributed by atoms with E-state index < -0.39 is 0 Å². The first-order valence-electron chi connectivity index (χ1n) is 2.06. The summed E-state index contributed by atoms with van der Waals surface area (Å²) in [6.07, 6.45) is 1.25. The Balaban J connectivity index is 2.20. The van der Waals surface area contributed by atoms with Crippen molar-refractivity contribution in [3.63, 3.8) is 0 Å². The molecule has 0 amide bonds. The highest BCUT2D eigenvalue weighted by Gasteiger charge is 2.27. The number of hydrogen-bond donors (Lipinski definition) is 1. The second-order valence-corrected chi connectivity index (χ2v) is 1.88. The maximum atomic E-state index is 5.37. The molecule has 0 spiro atoms. The Morgan fingerprint density at radius 1 is 1.80 bits per heavy atom. The van der Waals surface area contributed by atoms with Crippen molar-refractivity contribution in [2.45, 2.75) is 18.3 Å². The molecule has 0 aromatic carbocycles. The molecular formula is C3H8BN. The molecule has 0 aliphatic heterocycles. The number of nitrogens with two attached hydrogens (primary N) is 1. The van der Waals surface area contributed by atoms with Crippen molar-refractivity contribution in [3.8, 4) is 0 Å². The average Bonchev–Trinajstić information content (AvgIpc) is 1.79. The van der Waals surface area contributed by atoms with Crippen molar-refractivity contribution in [3.05, 3.63) is 0 Å². The van der Waals surface area contributed by atoms with Crippen LogP contribution >= 0.6 is 0 Å². The van der Waals surface area contributed by atoms with Gasteiger partial charge in [0.25, 0.3) is 0 Å². The fourth-order valence-corrected chi connectivity index (χ4v) is 0.351. The lowest BCUT2D eigenvalue weighted by atomic mass is 10.0. The van der Waals surface area contributed by atoms with E-state index in [1.807, 2.05) is 0 Å². The fourth-order valence-electron chi connectivity index (χ4n) is 0.351. The van der Waals surface area contributed by atoms with Crippen LogP contribution in [0.2, 0.25) is 5.82 Å². The molecule has 2 N–H and O–H groups in total. The summed E-state index contributed by atoms with van der Waals surface area (Å²) < 4.78 is 0. The van der Waals surface area contributed by atoms with Crippen LogP contribution in [0, 0.1) is 0 Å². The third-order valence-electron chi connectivity index (χ3n) is 1.17. The molecule has 2 atom stereocenters. The summed E-state index contributed by atoms with van der Waals surface area (Å²) in [5, 5.41) is 0. The van der Waals surface area contributed by atoms with Gasteiger partial charge < -0.3 is 5.73 Å². The van der Waals surface area contributed by atoms with E-state index in [4.69, 9.17) is 5.73 Å². The van der Waals surface area contributed by atoms with E-state index in [-0.39, 0.29) is 0 Å². The highest BCUT2D eigenvalue weighted by Crippen LogP contribution is 2.29. The van der Waals surface area contributed by atoms with Crippen molar-refractivity contribution >= 4 is 7.85 Å². The minimum atomic E-state index is 0.551. The minimum Gasteiger partial charge on any atom is -0.328 e. The van der Waals surface area contributed by atoms with E-state index >= 15 is 0 Å². The summed E-state index contributed by atoms with van der Waals surface area (Å²) in [5.41, 5.74) is 5.37. The molecule has 2 unspecified atom stereocenters. The molecule has 1 fully saturated rings. The lowest BCUT2D eigenvalue weighted by molar-refractivity contribution is 1.07. The molecule has 1 nitrogen and oxygen atoms in total. The van der Waals surface area contributed by atoms with Crippen LogP contribution < -0.4 is 5.73 Å². The lowest BCUT2D eigenvalue weighted by Gasteiger charge is -1.68. The molecule has 1 saturated carbocycles. The quantitative estimate of drug-likeness (QED) is 0.368. The normalized spacial score (nSPS) is 49.0. The summed E-state index contributed by atoms with van der Waals surface area (Å²) in [7, 11) is 2.17. The third kappa shape index (κ3) is 0.455. The van der Waals surface area contributed by atoms with Crippen LogP contribution in [-0.4, -0.2) is 13.9 Å². The molecule has 1 rings (SSSR count). The van der Waals surface area contributed by atoms with Gasteiger partial charge in [0.1, 0.15) is 7.85 Å². The SMILES string of the molecule is BC1CC1N. The summed E-state index contributed by atoms with van der Waals surface area (Å²) in [6.45, 7) is 0. The molecule has 2 heteroatoms. The van der Waals surface area contributed by atoms with E-state index in [0.29, 0.717) is 6.04 Å².